The molecule has 15 rings (SSSR count). The third kappa shape index (κ3) is 5.79. The Kier molecular flexibility index (Phi) is 8.36. The zero-order valence-electron chi connectivity index (χ0n) is 38.0. The Bertz CT molecular complexity index is 4420. The molecule has 0 aliphatic heterocycles. The standard InChI is InChI=1S/C65H41N5/c1-4-16-46(17-5-1)68-57-25-13-10-22-49(57)53-37-42(30-33-60(53)68)41-28-29-43-38-56-63(44-31-34-61-54(39-44)50-23-11-14-26-58(50)69(61)47-18-6-2-7-19-47)66-65(67-64(56)52(43)36-41)45-32-35-62-55(40-45)51-24-12-15-27-59(51)70(62)48-20-8-3-9-21-48/h1-37,39-40H,38H2. The second-order valence-corrected chi connectivity index (χ2v) is 18.5. The smallest absolute Gasteiger partial charge is 0.160 e. The van der Waals surface area contributed by atoms with Crippen molar-refractivity contribution in [2.45, 2.75) is 6.42 Å². The van der Waals surface area contributed by atoms with E-state index >= 15 is 0 Å². The van der Waals surface area contributed by atoms with Gasteiger partial charge in [-0.25, -0.2) is 9.97 Å². The fourth-order valence-corrected chi connectivity index (χ4v) is 11.5. The van der Waals surface area contributed by atoms with E-state index in [1.54, 1.807) is 0 Å². The molecule has 0 radical (unpaired) electrons. The van der Waals surface area contributed by atoms with Gasteiger partial charge in [-0.1, -0.05) is 133 Å². The van der Waals surface area contributed by atoms with Crippen LogP contribution in [0, 0.1) is 0 Å². The molecule has 0 fully saturated rings. The number of fused-ring (bicyclic) bond motifs is 12. The molecule has 0 bridgehead atoms. The SMILES string of the molecule is c1ccc(-n2c3ccccc3c3cc(-c4ccc5c(c4)-c4nc(-c6ccc7c(c6)c6ccccc6n7-c6ccccc6)nc(-c6ccc7c(c6)c6ccccc6n7-c6ccccc6)c4C5)ccc32)cc1. The number of benzene rings is 10. The molecule has 5 heteroatoms. The summed E-state index contributed by atoms with van der Waals surface area (Å²) in [5.41, 5.74) is 20.4. The zero-order chi connectivity index (χ0) is 45.9. The molecule has 0 N–H and O–H groups in total. The first-order valence-electron chi connectivity index (χ1n) is 24.0. The number of hydrogen-bond donors (Lipinski definition) is 0. The lowest BCUT2D eigenvalue weighted by Gasteiger charge is -2.13. The summed E-state index contributed by atoms with van der Waals surface area (Å²) in [4.78, 5) is 11.2. The molecule has 4 heterocycles. The van der Waals surface area contributed by atoms with Crippen LogP contribution in [0.25, 0.3) is 128 Å². The maximum absolute atomic E-state index is 5.62. The number of para-hydroxylation sites is 6. The van der Waals surface area contributed by atoms with Crippen molar-refractivity contribution in [3.8, 4) is 62.1 Å². The van der Waals surface area contributed by atoms with Crippen molar-refractivity contribution in [3.05, 3.63) is 248 Å². The molecule has 0 spiro atoms. The van der Waals surface area contributed by atoms with Gasteiger partial charge in [0, 0.05) is 78.1 Å². The van der Waals surface area contributed by atoms with Gasteiger partial charge in [-0.15, -0.1) is 0 Å². The van der Waals surface area contributed by atoms with Gasteiger partial charge >= 0.3 is 0 Å². The van der Waals surface area contributed by atoms with Gasteiger partial charge < -0.3 is 13.7 Å². The van der Waals surface area contributed by atoms with Crippen LogP contribution in [0.5, 0.6) is 0 Å². The monoisotopic (exact) mass is 891 g/mol. The average Bonchev–Trinajstić information content (AvgIpc) is 4.17. The summed E-state index contributed by atoms with van der Waals surface area (Å²) in [5.74, 6) is 0.715. The van der Waals surface area contributed by atoms with E-state index in [0.29, 0.717) is 5.82 Å². The van der Waals surface area contributed by atoms with Gasteiger partial charge in [-0.2, -0.15) is 0 Å². The van der Waals surface area contributed by atoms with E-state index in [0.717, 1.165) is 68.2 Å². The number of aromatic nitrogens is 5. The quantitative estimate of drug-likeness (QED) is 0.167. The minimum Gasteiger partial charge on any atom is -0.309 e. The highest BCUT2D eigenvalue weighted by molar-refractivity contribution is 6.13. The first kappa shape index (κ1) is 38.8. The molecular formula is C65H41N5. The normalized spacial score (nSPS) is 12.2. The molecule has 0 unspecified atom stereocenters. The minimum atomic E-state index is 0.715. The molecule has 0 saturated heterocycles. The summed E-state index contributed by atoms with van der Waals surface area (Å²) in [6.07, 6.45) is 0.748. The first-order chi connectivity index (χ1) is 34.7. The molecule has 1 aliphatic rings. The van der Waals surface area contributed by atoms with Crippen LogP contribution in [0.2, 0.25) is 0 Å². The molecular weight excluding hydrogens is 851 g/mol. The maximum atomic E-state index is 5.62. The van der Waals surface area contributed by atoms with Crippen molar-refractivity contribution in [2.75, 3.05) is 0 Å². The van der Waals surface area contributed by atoms with Crippen molar-refractivity contribution in [2.24, 2.45) is 0 Å². The fourth-order valence-electron chi connectivity index (χ4n) is 11.5. The Morgan fingerprint density at radius 2 is 0.657 bits per heavy atom. The summed E-state index contributed by atoms with van der Waals surface area (Å²) >= 11 is 0. The Hall–Kier alpha value is -9.32. The van der Waals surface area contributed by atoms with E-state index in [1.165, 1.54) is 71.0 Å². The summed E-state index contributed by atoms with van der Waals surface area (Å²) < 4.78 is 7.11. The Morgan fingerprint density at radius 1 is 0.286 bits per heavy atom. The van der Waals surface area contributed by atoms with Crippen LogP contribution in [0.3, 0.4) is 0 Å². The molecule has 0 atom stereocenters. The predicted octanol–water partition coefficient (Wildman–Crippen LogP) is 16.3. The molecule has 326 valence electrons. The van der Waals surface area contributed by atoms with Gasteiger partial charge in [0.2, 0.25) is 0 Å². The second-order valence-electron chi connectivity index (χ2n) is 18.5. The van der Waals surface area contributed by atoms with Crippen LogP contribution in [-0.4, -0.2) is 23.7 Å². The Morgan fingerprint density at radius 3 is 1.17 bits per heavy atom. The predicted molar refractivity (Wildman–Crippen MR) is 290 cm³/mol. The highest BCUT2D eigenvalue weighted by atomic mass is 15.0. The topological polar surface area (TPSA) is 40.6 Å². The van der Waals surface area contributed by atoms with Crippen LogP contribution in [0.1, 0.15) is 11.1 Å². The third-order valence-corrected chi connectivity index (χ3v) is 14.7. The lowest BCUT2D eigenvalue weighted by atomic mass is 9.98. The van der Waals surface area contributed by atoms with E-state index in [-0.39, 0.29) is 0 Å². The number of nitrogens with zero attached hydrogens (tertiary/aromatic N) is 5. The van der Waals surface area contributed by atoms with Crippen LogP contribution in [0.15, 0.2) is 237 Å². The van der Waals surface area contributed by atoms with Crippen molar-refractivity contribution >= 4 is 65.4 Å². The van der Waals surface area contributed by atoms with E-state index in [1.807, 2.05) is 0 Å². The summed E-state index contributed by atoms with van der Waals surface area (Å²) in [7, 11) is 0. The summed E-state index contributed by atoms with van der Waals surface area (Å²) in [5, 5.41) is 7.25. The summed E-state index contributed by atoms with van der Waals surface area (Å²) in [6, 6.07) is 85.7. The minimum absolute atomic E-state index is 0.715. The largest absolute Gasteiger partial charge is 0.309 e. The van der Waals surface area contributed by atoms with Gasteiger partial charge in [-0.3, -0.25) is 0 Å². The summed E-state index contributed by atoms with van der Waals surface area (Å²) in [6.45, 7) is 0. The fraction of sp³-hybridized carbons (Fsp3) is 0.0154. The average molecular weight is 892 g/mol. The van der Waals surface area contributed by atoms with E-state index in [2.05, 4.69) is 250 Å². The zero-order valence-corrected chi connectivity index (χ0v) is 38.0. The molecule has 14 aromatic rings. The molecule has 70 heavy (non-hydrogen) atoms. The Labute approximate surface area is 403 Å². The third-order valence-electron chi connectivity index (χ3n) is 14.7. The van der Waals surface area contributed by atoms with Crippen molar-refractivity contribution in [3.63, 3.8) is 0 Å². The Balaban J connectivity index is 0.934. The number of rotatable bonds is 6. The van der Waals surface area contributed by atoms with Crippen LogP contribution in [-0.2, 0) is 6.42 Å². The molecule has 0 saturated carbocycles. The highest BCUT2D eigenvalue weighted by Gasteiger charge is 2.28. The maximum Gasteiger partial charge on any atom is 0.160 e. The van der Waals surface area contributed by atoms with Crippen molar-refractivity contribution < 1.29 is 0 Å². The van der Waals surface area contributed by atoms with Crippen LogP contribution >= 0.6 is 0 Å². The van der Waals surface area contributed by atoms with Gasteiger partial charge in [0.1, 0.15) is 0 Å². The van der Waals surface area contributed by atoms with Crippen molar-refractivity contribution in [1.82, 2.24) is 23.7 Å². The lowest BCUT2D eigenvalue weighted by Crippen LogP contribution is -2.00. The van der Waals surface area contributed by atoms with E-state index in [9.17, 15) is 0 Å². The molecule has 0 amide bonds. The van der Waals surface area contributed by atoms with Gasteiger partial charge in [0.05, 0.1) is 44.5 Å². The van der Waals surface area contributed by atoms with Crippen LogP contribution in [0.4, 0.5) is 0 Å². The van der Waals surface area contributed by atoms with E-state index < -0.39 is 0 Å². The highest BCUT2D eigenvalue weighted by Crippen LogP contribution is 2.45. The molecule has 4 aromatic heterocycles. The van der Waals surface area contributed by atoms with Crippen molar-refractivity contribution in [1.29, 1.82) is 0 Å². The molecule has 5 nitrogen and oxygen atoms in total. The number of hydrogen-bond acceptors (Lipinski definition) is 2. The lowest BCUT2D eigenvalue weighted by molar-refractivity contribution is 1.13. The second kappa shape index (κ2) is 15.1. The van der Waals surface area contributed by atoms with Gasteiger partial charge in [0.25, 0.3) is 0 Å². The molecule has 1 aliphatic carbocycles. The van der Waals surface area contributed by atoms with Gasteiger partial charge in [0.15, 0.2) is 5.82 Å². The van der Waals surface area contributed by atoms with E-state index in [4.69, 9.17) is 9.97 Å². The van der Waals surface area contributed by atoms with Gasteiger partial charge in [-0.05, 0) is 120 Å². The first-order valence-corrected chi connectivity index (χ1v) is 24.0. The van der Waals surface area contributed by atoms with Crippen LogP contribution < -0.4 is 0 Å². The molecule has 10 aromatic carbocycles.